The monoisotopic (exact) mass is 685 g/mol. The van der Waals surface area contributed by atoms with Gasteiger partial charge in [-0.2, -0.15) is 0 Å². The molecule has 0 heterocycles. The van der Waals surface area contributed by atoms with Crippen LogP contribution < -0.4 is 9.62 Å². The predicted molar refractivity (Wildman–Crippen MR) is 181 cm³/mol. The van der Waals surface area contributed by atoms with Crippen LogP contribution in [0.5, 0.6) is 0 Å². The van der Waals surface area contributed by atoms with Crippen molar-refractivity contribution in [3.8, 4) is 0 Å². The van der Waals surface area contributed by atoms with Crippen LogP contribution >= 0.6 is 34.8 Å². The summed E-state index contributed by atoms with van der Waals surface area (Å²) in [5.41, 5.74) is 1.58. The zero-order valence-corrected chi connectivity index (χ0v) is 28.0. The highest BCUT2D eigenvalue weighted by Crippen LogP contribution is 2.35. The van der Waals surface area contributed by atoms with Gasteiger partial charge in [0.25, 0.3) is 10.0 Å². The molecule has 11 heteroatoms. The molecule has 236 valence electrons. The number of anilines is 1. The molecule has 0 aromatic heterocycles. The number of carbonyl (C=O) groups excluding carboxylic acids is 2. The minimum Gasteiger partial charge on any atom is -0.352 e. The van der Waals surface area contributed by atoms with Crippen molar-refractivity contribution in [2.75, 3.05) is 10.8 Å². The van der Waals surface area contributed by atoms with Gasteiger partial charge in [0, 0.05) is 24.0 Å². The first-order valence-corrected chi connectivity index (χ1v) is 17.0. The van der Waals surface area contributed by atoms with Gasteiger partial charge >= 0.3 is 0 Å². The topological polar surface area (TPSA) is 86.8 Å². The van der Waals surface area contributed by atoms with Crippen LogP contribution in [0.25, 0.3) is 0 Å². The van der Waals surface area contributed by atoms with E-state index in [1.807, 2.05) is 44.2 Å². The van der Waals surface area contributed by atoms with Crippen LogP contribution in [0.15, 0.2) is 108 Å². The minimum absolute atomic E-state index is 0.0178. The standard InChI is InChI=1S/C34H34Cl3N3O4S/c1-3-24(2)38-34(42)31(21-25-11-6-4-7-12-25)39(22-26-17-19-27(35)20-18-26)32(41)23-40(30-16-10-15-29(36)33(30)37)45(43,44)28-13-8-5-9-14-28/h4-20,24,31H,3,21-23H2,1-2H3,(H,38,42)/t24-,31+/m1/s1. The van der Waals surface area contributed by atoms with Gasteiger partial charge in [-0.3, -0.25) is 13.9 Å². The molecule has 7 nitrogen and oxygen atoms in total. The van der Waals surface area contributed by atoms with E-state index in [4.69, 9.17) is 34.8 Å². The van der Waals surface area contributed by atoms with Crippen molar-refractivity contribution in [1.29, 1.82) is 0 Å². The van der Waals surface area contributed by atoms with E-state index in [2.05, 4.69) is 5.32 Å². The van der Waals surface area contributed by atoms with Crippen LogP contribution in [-0.4, -0.2) is 43.8 Å². The quantitative estimate of drug-likeness (QED) is 0.159. The maximum Gasteiger partial charge on any atom is 0.264 e. The number of nitrogens with zero attached hydrogens (tertiary/aromatic N) is 2. The van der Waals surface area contributed by atoms with E-state index in [1.54, 1.807) is 48.5 Å². The molecule has 45 heavy (non-hydrogen) atoms. The zero-order valence-electron chi connectivity index (χ0n) is 24.9. The third-order valence-electron chi connectivity index (χ3n) is 7.35. The fraction of sp³-hybridized carbons (Fsp3) is 0.235. The Morgan fingerprint density at radius 1 is 0.800 bits per heavy atom. The lowest BCUT2D eigenvalue weighted by atomic mass is 10.0. The Morgan fingerprint density at radius 3 is 2.04 bits per heavy atom. The zero-order chi connectivity index (χ0) is 32.6. The smallest absolute Gasteiger partial charge is 0.264 e. The number of halogens is 3. The second-order valence-corrected chi connectivity index (χ2v) is 13.7. The Morgan fingerprint density at radius 2 is 1.42 bits per heavy atom. The van der Waals surface area contributed by atoms with Crippen molar-refractivity contribution in [1.82, 2.24) is 10.2 Å². The summed E-state index contributed by atoms with van der Waals surface area (Å²) in [5, 5.41) is 3.64. The number of benzene rings is 4. The first-order chi connectivity index (χ1) is 21.5. The summed E-state index contributed by atoms with van der Waals surface area (Å²) in [7, 11) is -4.30. The number of nitrogens with one attached hydrogen (secondary N) is 1. The molecule has 0 aliphatic rings. The second kappa shape index (κ2) is 15.6. The van der Waals surface area contributed by atoms with Gasteiger partial charge in [0.05, 0.1) is 20.6 Å². The van der Waals surface area contributed by atoms with Crippen molar-refractivity contribution >= 4 is 62.3 Å². The lowest BCUT2D eigenvalue weighted by Crippen LogP contribution is -2.54. The van der Waals surface area contributed by atoms with Crippen molar-refractivity contribution in [2.45, 2.75) is 50.2 Å². The molecular weight excluding hydrogens is 653 g/mol. The summed E-state index contributed by atoms with van der Waals surface area (Å²) < 4.78 is 29.1. The molecule has 0 bridgehead atoms. The van der Waals surface area contributed by atoms with E-state index < -0.39 is 28.5 Å². The predicted octanol–water partition coefficient (Wildman–Crippen LogP) is 7.40. The van der Waals surface area contributed by atoms with Crippen LogP contribution in [0.1, 0.15) is 31.4 Å². The van der Waals surface area contributed by atoms with E-state index in [1.165, 1.54) is 29.2 Å². The van der Waals surface area contributed by atoms with E-state index >= 15 is 0 Å². The first kappa shape index (κ1) is 34.3. The van der Waals surface area contributed by atoms with Gasteiger partial charge < -0.3 is 10.2 Å². The number of hydrogen-bond acceptors (Lipinski definition) is 4. The average Bonchev–Trinajstić information content (AvgIpc) is 3.04. The SMILES string of the molecule is CC[C@@H](C)NC(=O)[C@H](Cc1ccccc1)N(Cc1ccc(Cl)cc1)C(=O)CN(c1cccc(Cl)c1Cl)S(=O)(=O)c1ccccc1. The molecule has 0 aliphatic carbocycles. The molecule has 4 aromatic carbocycles. The van der Waals surface area contributed by atoms with Crippen molar-refractivity contribution < 1.29 is 18.0 Å². The van der Waals surface area contributed by atoms with Crippen LogP contribution in [0, 0.1) is 0 Å². The van der Waals surface area contributed by atoms with Gasteiger partial charge in [0.2, 0.25) is 11.8 Å². The molecule has 1 N–H and O–H groups in total. The second-order valence-electron chi connectivity index (χ2n) is 10.6. The number of hydrogen-bond donors (Lipinski definition) is 1. The summed E-state index contributed by atoms with van der Waals surface area (Å²) in [6.45, 7) is 3.21. The molecule has 0 spiro atoms. The Labute approximate surface area is 279 Å². The van der Waals surface area contributed by atoms with Gasteiger partial charge in [-0.25, -0.2) is 8.42 Å². The largest absolute Gasteiger partial charge is 0.352 e. The van der Waals surface area contributed by atoms with Gasteiger partial charge in [-0.1, -0.05) is 108 Å². The molecular formula is C34H34Cl3N3O4S. The molecule has 0 unspecified atom stereocenters. The molecule has 0 fully saturated rings. The van der Waals surface area contributed by atoms with E-state index in [-0.39, 0.29) is 45.5 Å². The van der Waals surface area contributed by atoms with Crippen LogP contribution in [0.4, 0.5) is 5.69 Å². The molecule has 0 saturated heterocycles. The minimum atomic E-state index is -4.30. The van der Waals surface area contributed by atoms with Crippen molar-refractivity contribution in [2.24, 2.45) is 0 Å². The molecule has 0 saturated carbocycles. The maximum atomic E-state index is 14.5. The highest BCUT2D eigenvalue weighted by Gasteiger charge is 2.35. The van der Waals surface area contributed by atoms with Crippen LogP contribution in [-0.2, 0) is 32.6 Å². The Kier molecular flexibility index (Phi) is 11.9. The summed E-state index contributed by atoms with van der Waals surface area (Å²) >= 11 is 19.0. The fourth-order valence-electron chi connectivity index (χ4n) is 4.70. The number of amides is 2. The molecule has 0 aliphatic heterocycles. The highest BCUT2D eigenvalue weighted by atomic mass is 35.5. The normalized spacial score (nSPS) is 12.6. The van der Waals surface area contributed by atoms with Crippen molar-refractivity contribution in [3.05, 3.63) is 129 Å². The average molecular weight is 687 g/mol. The van der Waals surface area contributed by atoms with E-state index in [0.717, 1.165) is 9.87 Å². The Hall–Kier alpha value is -3.56. The maximum absolute atomic E-state index is 14.5. The van der Waals surface area contributed by atoms with Crippen LogP contribution in [0.2, 0.25) is 15.1 Å². The Balaban J connectivity index is 1.83. The third-order valence-corrected chi connectivity index (χ3v) is 10.2. The first-order valence-electron chi connectivity index (χ1n) is 14.4. The lowest BCUT2D eigenvalue weighted by Gasteiger charge is -2.34. The molecule has 4 rings (SSSR count). The van der Waals surface area contributed by atoms with Gasteiger partial charge in [-0.15, -0.1) is 0 Å². The number of rotatable bonds is 13. The fourth-order valence-corrected chi connectivity index (χ4v) is 6.72. The van der Waals surface area contributed by atoms with Crippen molar-refractivity contribution in [3.63, 3.8) is 0 Å². The third kappa shape index (κ3) is 8.79. The molecule has 2 amide bonds. The summed E-state index contributed by atoms with van der Waals surface area (Å²) in [5.74, 6) is -0.963. The summed E-state index contributed by atoms with van der Waals surface area (Å²) in [6.07, 6.45) is 0.886. The van der Waals surface area contributed by atoms with Gasteiger partial charge in [0.15, 0.2) is 0 Å². The van der Waals surface area contributed by atoms with Gasteiger partial charge in [0.1, 0.15) is 12.6 Å². The van der Waals surface area contributed by atoms with Gasteiger partial charge in [-0.05, 0) is 60.9 Å². The molecule has 4 aromatic rings. The highest BCUT2D eigenvalue weighted by molar-refractivity contribution is 7.92. The van der Waals surface area contributed by atoms with E-state index in [9.17, 15) is 18.0 Å². The molecule has 0 radical (unpaired) electrons. The number of carbonyl (C=O) groups is 2. The summed E-state index contributed by atoms with van der Waals surface area (Å²) in [6, 6.07) is 27.5. The lowest BCUT2D eigenvalue weighted by molar-refractivity contribution is -0.140. The Bertz CT molecular complexity index is 1710. The summed E-state index contributed by atoms with van der Waals surface area (Å²) in [4.78, 5) is 29.8. The van der Waals surface area contributed by atoms with E-state index in [0.29, 0.717) is 17.0 Å². The molecule has 2 atom stereocenters. The van der Waals surface area contributed by atoms with Crippen LogP contribution in [0.3, 0.4) is 0 Å². The number of sulfonamides is 1.